The van der Waals surface area contributed by atoms with Crippen LogP contribution >= 0.6 is 0 Å². The summed E-state index contributed by atoms with van der Waals surface area (Å²) in [4.78, 5) is 9.03. The lowest BCUT2D eigenvalue weighted by atomic mass is 10.1. The maximum atomic E-state index is 11.5. The van der Waals surface area contributed by atoms with Gasteiger partial charge in [0.15, 0.2) is 9.84 Å². The van der Waals surface area contributed by atoms with Crippen LogP contribution in [-0.4, -0.2) is 24.6 Å². The minimum Gasteiger partial charge on any atom is -0.350 e. The SMILES string of the molecule is Cc1ccc(CNc2nccc(-c3ccc(S(C)(=O)=O)cc3)n2)cc1. The highest BCUT2D eigenvalue weighted by molar-refractivity contribution is 7.90. The van der Waals surface area contributed by atoms with Gasteiger partial charge in [-0.2, -0.15) is 0 Å². The Balaban J connectivity index is 1.76. The fourth-order valence-electron chi connectivity index (χ4n) is 2.36. The molecule has 0 radical (unpaired) electrons. The van der Waals surface area contributed by atoms with Gasteiger partial charge in [-0.25, -0.2) is 18.4 Å². The van der Waals surface area contributed by atoms with E-state index >= 15 is 0 Å². The summed E-state index contributed by atoms with van der Waals surface area (Å²) in [5.74, 6) is 0.533. The number of nitrogens with one attached hydrogen (secondary N) is 1. The Morgan fingerprint density at radius 3 is 2.28 bits per heavy atom. The van der Waals surface area contributed by atoms with Crippen LogP contribution in [0, 0.1) is 6.92 Å². The molecular weight excluding hydrogens is 334 g/mol. The summed E-state index contributed by atoms with van der Waals surface area (Å²) in [6, 6.07) is 16.7. The number of rotatable bonds is 5. The first kappa shape index (κ1) is 17.1. The second-order valence-electron chi connectivity index (χ2n) is 5.90. The number of anilines is 1. The second kappa shape index (κ2) is 7.03. The molecule has 0 unspecified atom stereocenters. The van der Waals surface area contributed by atoms with E-state index in [-0.39, 0.29) is 0 Å². The van der Waals surface area contributed by atoms with Crippen LogP contribution < -0.4 is 5.32 Å². The summed E-state index contributed by atoms with van der Waals surface area (Å²) >= 11 is 0. The van der Waals surface area contributed by atoms with Crippen molar-refractivity contribution in [2.75, 3.05) is 11.6 Å². The van der Waals surface area contributed by atoms with Gasteiger partial charge in [-0.3, -0.25) is 0 Å². The Labute approximate surface area is 147 Å². The Morgan fingerprint density at radius 2 is 1.64 bits per heavy atom. The lowest BCUT2D eigenvalue weighted by Crippen LogP contribution is -2.04. The maximum absolute atomic E-state index is 11.5. The first-order chi connectivity index (χ1) is 11.9. The van der Waals surface area contributed by atoms with E-state index in [1.165, 1.54) is 11.8 Å². The second-order valence-corrected chi connectivity index (χ2v) is 7.92. The first-order valence-corrected chi connectivity index (χ1v) is 9.74. The van der Waals surface area contributed by atoms with Crippen LogP contribution in [0.5, 0.6) is 0 Å². The van der Waals surface area contributed by atoms with Crippen molar-refractivity contribution in [1.82, 2.24) is 9.97 Å². The molecule has 5 nitrogen and oxygen atoms in total. The Morgan fingerprint density at radius 1 is 0.960 bits per heavy atom. The molecule has 3 aromatic rings. The number of aromatic nitrogens is 2. The lowest BCUT2D eigenvalue weighted by molar-refractivity contribution is 0.602. The fraction of sp³-hybridized carbons (Fsp3) is 0.158. The summed E-state index contributed by atoms with van der Waals surface area (Å²) in [5.41, 5.74) is 3.95. The molecular formula is C19H19N3O2S. The average Bonchev–Trinajstić information content (AvgIpc) is 2.61. The summed E-state index contributed by atoms with van der Waals surface area (Å²) in [7, 11) is -3.20. The molecule has 0 aliphatic heterocycles. The van der Waals surface area contributed by atoms with Crippen LogP contribution in [0.3, 0.4) is 0 Å². The number of nitrogens with zero attached hydrogens (tertiary/aromatic N) is 2. The summed E-state index contributed by atoms with van der Waals surface area (Å²) in [6.45, 7) is 2.69. The predicted molar refractivity (Wildman–Crippen MR) is 99.1 cm³/mol. The van der Waals surface area contributed by atoms with E-state index in [1.807, 2.05) is 0 Å². The van der Waals surface area contributed by atoms with E-state index in [1.54, 1.807) is 36.5 Å². The Hall–Kier alpha value is -2.73. The molecule has 0 bridgehead atoms. The largest absolute Gasteiger partial charge is 0.350 e. The number of hydrogen-bond donors (Lipinski definition) is 1. The topological polar surface area (TPSA) is 72.0 Å². The van der Waals surface area contributed by atoms with Gasteiger partial charge in [0.25, 0.3) is 0 Å². The predicted octanol–water partition coefficient (Wildman–Crippen LogP) is 3.47. The zero-order valence-electron chi connectivity index (χ0n) is 14.1. The van der Waals surface area contributed by atoms with Gasteiger partial charge in [0, 0.05) is 24.6 Å². The Kier molecular flexibility index (Phi) is 4.81. The van der Waals surface area contributed by atoms with Crippen LogP contribution in [0.1, 0.15) is 11.1 Å². The van der Waals surface area contributed by atoms with Crippen molar-refractivity contribution in [2.45, 2.75) is 18.4 Å². The quantitative estimate of drug-likeness (QED) is 0.760. The number of aryl methyl sites for hydroxylation is 1. The van der Waals surface area contributed by atoms with E-state index in [4.69, 9.17) is 0 Å². The van der Waals surface area contributed by atoms with Crippen molar-refractivity contribution in [3.8, 4) is 11.3 Å². The normalized spacial score (nSPS) is 11.3. The van der Waals surface area contributed by atoms with Gasteiger partial charge in [-0.1, -0.05) is 42.0 Å². The molecule has 0 fully saturated rings. The molecule has 0 aliphatic rings. The van der Waals surface area contributed by atoms with Gasteiger partial charge in [-0.15, -0.1) is 0 Å². The van der Waals surface area contributed by atoms with Crippen molar-refractivity contribution in [2.24, 2.45) is 0 Å². The number of sulfone groups is 1. The van der Waals surface area contributed by atoms with Crippen molar-refractivity contribution in [1.29, 1.82) is 0 Å². The molecule has 128 valence electrons. The summed E-state index contributed by atoms with van der Waals surface area (Å²) < 4.78 is 23.1. The third-order valence-electron chi connectivity index (χ3n) is 3.81. The van der Waals surface area contributed by atoms with Gasteiger partial charge in [0.05, 0.1) is 10.6 Å². The fourth-order valence-corrected chi connectivity index (χ4v) is 3.00. The standard InChI is InChI=1S/C19H19N3O2S/c1-14-3-5-15(6-4-14)13-21-19-20-12-11-18(22-19)16-7-9-17(10-8-16)25(2,23)24/h3-12H,13H2,1-2H3,(H,20,21,22). The van der Waals surface area contributed by atoms with Crippen LogP contribution in [-0.2, 0) is 16.4 Å². The van der Waals surface area contributed by atoms with Crippen LogP contribution in [0.4, 0.5) is 5.95 Å². The van der Waals surface area contributed by atoms with E-state index < -0.39 is 9.84 Å². The van der Waals surface area contributed by atoms with Gasteiger partial charge in [0.1, 0.15) is 0 Å². The summed E-state index contributed by atoms with van der Waals surface area (Å²) in [5, 5.41) is 3.21. The molecule has 0 saturated heterocycles. The van der Waals surface area contributed by atoms with E-state index in [2.05, 4.69) is 46.5 Å². The first-order valence-electron chi connectivity index (χ1n) is 7.85. The molecule has 3 rings (SSSR count). The monoisotopic (exact) mass is 353 g/mol. The minimum atomic E-state index is -3.20. The average molecular weight is 353 g/mol. The molecule has 1 heterocycles. The highest BCUT2D eigenvalue weighted by atomic mass is 32.2. The zero-order chi connectivity index (χ0) is 17.9. The maximum Gasteiger partial charge on any atom is 0.223 e. The molecule has 0 spiro atoms. The van der Waals surface area contributed by atoms with E-state index in [9.17, 15) is 8.42 Å². The van der Waals surface area contributed by atoms with Gasteiger partial charge >= 0.3 is 0 Å². The van der Waals surface area contributed by atoms with Crippen molar-refractivity contribution < 1.29 is 8.42 Å². The molecule has 1 N–H and O–H groups in total. The number of benzene rings is 2. The number of hydrogen-bond acceptors (Lipinski definition) is 5. The highest BCUT2D eigenvalue weighted by Crippen LogP contribution is 2.20. The van der Waals surface area contributed by atoms with Gasteiger partial charge in [0.2, 0.25) is 5.95 Å². The van der Waals surface area contributed by atoms with Gasteiger partial charge in [-0.05, 0) is 30.7 Å². The zero-order valence-corrected chi connectivity index (χ0v) is 14.9. The molecule has 2 aromatic carbocycles. The minimum absolute atomic E-state index is 0.294. The third-order valence-corrected chi connectivity index (χ3v) is 4.93. The van der Waals surface area contributed by atoms with E-state index in [0.717, 1.165) is 16.8 Å². The van der Waals surface area contributed by atoms with Crippen LogP contribution in [0.25, 0.3) is 11.3 Å². The molecule has 0 amide bonds. The molecule has 0 aliphatic carbocycles. The van der Waals surface area contributed by atoms with E-state index in [0.29, 0.717) is 17.4 Å². The highest BCUT2D eigenvalue weighted by Gasteiger charge is 2.08. The third kappa shape index (κ3) is 4.42. The van der Waals surface area contributed by atoms with Crippen molar-refractivity contribution in [3.05, 3.63) is 71.9 Å². The smallest absolute Gasteiger partial charge is 0.223 e. The molecule has 1 aromatic heterocycles. The Bertz CT molecular complexity index is 966. The summed E-state index contributed by atoms with van der Waals surface area (Å²) in [6.07, 6.45) is 2.88. The van der Waals surface area contributed by atoms with Crippen molar-refractivity contribution >= 4 is 15.8 Å². The molecule has 0 saturated carbocycles. The van der Waals surface area contributed by atoms with Crippen LogP contribution in [0.15, 0.2) is 65.7 Å². The molecule has 0 atom stereocenters. The van der Waals surface area contributed by atoms with Crippen LogP contribution in [0.2, 0.25) is 0 Å². The molecule has 6 heteroatoms. The molecule has 25 heavy (non-hydrogen) atoms. The lowest BCUT2D eigenvalue weighted by Gasteiger charge is -2.07. The van der Waals surface area contributed by atoms with Crippen molar-refractivity contribution in [3.63, 3.8) is 0 Å². The van der Waals surface area contributed by atoms with Gasteiger partial charge < -0.3 is 5.32 Å².